The number of rotatable bonds is 8. The molecule has 0 aromatic rings. The maximum Gasteiger partial charge on any atom is 0.312 e. The van der Waals surface area contributed by atoms with Gasteiger partial charge in [-0.2, -0.15) is 12.6 Å². The van der Waals surface area contributed by atoms with Gasteiger partial charge in [0.25, 0.3) is 0 Å². The van der Waals surface area contributed by atoms with Gasteiger partial charge in [0.15, 0.2) is 0 Å². The van der Waals surface area contributed by atoms with E-state index in [1.54, 1.807) is 9.80 Å². The monoisotopic (exact) mass is 272 g/mol. The van der Waals surface area contributed by atoms with E-state index in [4.69, 9.17) is 0 Å². The molecule has 0 atom stereocenters. The van der Waals surface area contributed by atoms with Gasteiger partial charge in [0.1, 0.15) is 0 Å². The predicted molar refractivity (Wildman–Crippen MR) is 75.8 cm³/mol. The van der Waals surface area contributed by atoms with Crippen molar-refractivity contribution in [3.05, 3.63) is 0 Å². The van der Waals surface area contributed by atoms with Crippen LogP contribution in [0.15, 0.2) is 0 Å². The van der Waals surface area contributed by atoms with Crippen molar-refractivity contribution in [3.8, 4) is 0 Å². The van der Waals surface area contributed by atoms with Gasteiger partial charge in [-0.25, -0.2) is 0 Å². The fraction of sp³-hybridized carbons (Fsp3) is 0.846. The number of piperazine rings is 1. The Labute approximate surface area is 115 Å². The molecule has 0 spiro atoms. The van der Waals surface area contributed by atoms with Gasteiger partial charge in [0, 0.05) is 26.2 Å². The summed E-state index contributed by atoms with van der Waals surface area (Å²) >= 11 is 4.17. The van der Waals surface area contributed by atoms with Crippen LogP contribution in [0.5, 0.6) is 0 Å². The van der Waals surface area contributed by atoms with Crippen molar-refractivity contribution < 1.29 is 9.59 Å². The summed E-state index contributed by atoms with van der Waals surface area (Å²) in [5.74, 6) is 0.287. The normalized spacial score (nSPS) is 16.6. The Balaban J connectivity index is 2.28. The summed E-state index contributed by atoms with van der Waals surface area (Å²) in [6.45, 7) is 4.81. The molecule has 4 nitrogen and oxygen atoms in total. The van der Waals surface area contributed by atoms with Gasteiger partial charge in [0.05, 0.1) is 0 Å². The molecular formula is C13H24N2O2S. The molecule has 5 heteroatoms. The van der Waals surface area contributed by atoms with Gasteiger partial charge >= 0.3 is 11.8 Å². The molecule has 2 amide bonds. The van der Waals surface area contributed by atoms with Crippen LogP contribution in [0.25, 0.3) is 0 Å². The highest BCUT2D eigenvalue weighted by atomic mass is 32.1. The molecule has 0 radical (unpaired) electrons. The summed E-state index contributed by atoms with van der Waals surface area (Å²) in [4.78, 5) is 27.0. The zero-order valence-electron chi connectivity index (χ0n) is 11.2. The van der Waals surface area contributed by atoms with E-state index in [1.165, 1.54) is 0 Å². The number of nitrogens with zero attached hydrogens (tertiary/aromatic N) is 2. The lowest BCUT2D eigenvalue weighted by Crippen LogP contribution is -2.54. The smallest absolute Gasteiger partial charge is 0.312 e. The second-order valence-corrected chi connectivity index (χ2v) is 5.17. The molecule has 1 saturated heterocycles. The van der Waals surface area contributed by atoms with Gasteiger partial charge in [-0.15, -0.1) is 0 Å². The molecule has 0 bridgehead atoms. The maximum absolute atomic E-state index is 11.9. The molecule has 18 heavy (non-hydrogen) atoms. The molecule has 1 rings (SSSR count). The van der Waals surface area contributed by atoms with Crippen molar-refractivity contribution in [1.29, 1.82) is 0 Å². The fourth-order valence-electron chi connectivity index (χ4n) is 2.18. The maximum atomic E-state index is 11.9. The quantitative estimate of drug-likeness (QED) is 0.414. The standard InChI is InChI=1S/C13H24N2O2S/c1-2-7-14-9-10-15(13(17)12(14)16)8-5-3-4-6-11-18/h18H,2-11H2,1H3. The SMILES string of the molecule is CCCN1CCN(CCCCCCS)C(=O)C1=O. The minimum atomic E-state index is -0.321. The summed E-state index contributed by atoms with van der Waals surface area (Å²) in [5, 5.41) is 0. The van der Waals surface area contributed by atoms with Crippen LogP contribution in [0.3, 0.4) is 0 Å². The average molecular weight is 272 g/mol. The van der Waals surface area contributed by atoms with Crippen molar-refractivity contribution in [2.24, 2.45) is 0 Å². The zero-order chi connectivity index (χ0) is 13.4. The number of carbonyl (C=O) groups excluding carboxylic acids is 2. The molecule has 1 heterocycles. The summed E-state index contributed by atoms with van der Waals surface area (Å²) in [6.07, 6.45) is 5.28. The topological polar surface area (TPSA) is 40.6 Å². The summed E-state index contributed by atoms with van der Waals surface area (Å²) in [6, 6.07) is 0. The number of unbranched alkanes of at least 4 members (excludes halogenated alkanes) is 3. The predicted octanol–water partition coefficient (Wildman–Crippen LogP) is 1.56. The highest BCUT2D eigenvalue weighted by Gasteiger charge is 2.31. The molecule has 0 aromatic heterocycles. The number of hydrogen-bond donors (Lipinski definition) is 1. The number of hydrogen-bond acceptors (Lipinski definition) is 3. The second kappa shape index (κ2) is 8.40. The fourth-order valence-corrected chi connectivity index (χ4v) is 2.40. The molecule has 0 aliphatic carbocycles. The lowest BCUT2D eigenvalue weighted by atomic mass is 10.2. The van der Waals surface area contributed by atoms with E-state index in [1.807, 2.05) is 6.92 Å². The van der Waals surface area contributed by atoms with Gasteiger partial charge in [-0.1, -0.05) is 19.8 Å². The molecule has 1 aliphatic heterocycles. The number of amides is 2. The van der Waals surface area contributed by atoms with E-state index in [9.17, 15) is 9.59 Å². The van der Waals surface area contributed by atoms with Gasteiger partial charge in [-0.3, -0.25) is 9.59 Å². The van der Waals surface area contributed by atoms with Crippen LogP contribution in [-0.4, -0.2) is 53.5 Å². The lowest BCUT2D eigenvalue weighted by molar-refractivity contribution is -0.156. The molecule has 0 saturated carbocycles. The van der Waals surface area contributed by atoms with E-state index < -0.39 is 0 Å². The summed E-state index contributed by atoms with van der Waals surface area (Å²) in [5.41, 5.74) is 0. The van der Waals surface area contributed by atoms with Crippen molar-refractivity contribution >= 4 is 24.4 Å². The highest BCUT2D eigenvalue weighted by molar-refractivity contribution is 7.80. The molecule has 104 valence electrons. The van der Waals surface area contributed by atoms with Crippen molar-refractivity contribution in [1.82, 2.24) is 9.80 Å². The number of carbonyl (C=O) groups is 2. The van der Waals surface area contributed by atoms with Crippen LogP contribution in [0, 0.1) is 0 Å². The first-order chi connectivity index (χ1) is 8.70. The minimum absolute atomic E-state index is 0.316. The third kappa shape index (κ3) is 4.52. The molecule has 1 aliphatic rings. The average Bonchev–Trinajstić information content (AvgIpc) is 2.37. The van der Waals surface area contributed by atoms with Gasteiger partial charge in [0.2, 0.25) is 0 Å². The Kier molecular flexibility index (Phi) is 7.16. The molecule has 0 unspecified atom stereocenters. The van der Waals surface area contributed by atoms with Crippen LogP contribution in [0.2, 0.25) is 0 Å². The Hall–Kier alpha value is -0.710. The Morgan fingerprint density at radius 3 is 2.06 bits per heavy atom. The van der Waals surface area contributed by atoms with E-state index in [0.29, 0.717) is 19.6 Å². The summed E-state index contributed by atoms with van der Waals surface area (Å²) < 4.78 is 0. The van der Waals surface area contributed by atoms with Crippen molar-refractivity contribution in [2.75, 3.05) is 31.9 Å². The van der Waals surface area contributed by atoms with Crippen molar-refractivity contribution in [2.45, 2.75) is 39.0 Å². The minimum Gasteiger partial charge on any atom is -0.333 e. The summed E-state index contributed by atoms with van der Waals surface area (Å²) in [7, 11) is 0. The Bertz CT molecular complexity index is 284. The first kappa shape index (κ1) is 15.3. The van der Waals surface area contributed by atoms with Crippen LogP contribution >= 0.6 is 12.6 Å². The van der Waals surface area contributed by atoms with Gasteiger partial charge < -0.3 is 9.80 Å². The Morgan fingerprint density at radius 1 is 0.944 bits per heavy atom. The zero-order valence-corrected chi connectivity index (χ0v) is 12.1. The molecule has 1 fully saturated rings. The third-order valence-electron chi connectivity index (χ3n) is 3.23. The van der Waals surface area contributed by atoms with E-state index >= 15 is 0 Å². The van der Waals surface area contributed by atoms with Gasteiger partial charge in [-0.05, 0) is 25.0 Å². The van der Waals surface area contributed by atoms with Crippen LogP contribution in [0.4, 0.5) is 0 Å². The van der Waals surface area contributed by atoms with Crippen LogP contribution < -0.4 is 0 Å². The van der Waals surface area contributed by atoms with E-state index in [-0.39, 0.29) is 11.8 Å². The largest absolute Gasteiger partial charge is 0.333 e. The second-order valence-electron chi connectivity index (χ2n) is 4.72. The van der Waals surface area contributed by atoms with Crippen LogP contribution in [-0.2, 0) is 9.59 Å². The number of thiol groups is 1. The van der Waals surface area contributed by atoms with Crippen LogP contribution in [0.1, 0.15) is 39.0 Å². The molecule has 0 aromatic carbocycles. The van der Waals surface area contributed by atoms with E-state index in [2.05, 4.69) is 12.6 Å². The third-order valence-corrected chi connectivity index (χ3v) is 3.54. The lowest BCUT2D eigenvalue weighted by Gasteiger charge is -2.33. The van der Waals surface area contributed by atoms with Crippen molar-refractivity contribution in [3.63, 3.8) is 0 Å². The highest BCUT2D eigenvalue weighted by Crippen LogP contribution is 2.08. The first-order valence-electron chi connectivity index (χ1n) is 6.89. The molecular weight excluding hydrogens is 248 g/mol. The first-order valence-corrected chi connectivity index (χ1v) is 7.53. The van der Waals surface area contributed by atoms with E-state index in [0.717, 1.165) is 44.4 Å². The Morgan fingerprint density at radius 2 is 1.50 bits per heavy atom. The molecule has 0 N–H and O–H groups in total.